The van der Waals surface area contributed by atoms with Gasteiger partial charge in [-0.15, -0.1) is 11.3 Å². The van der Waals surface area contributed by atoms with Crippen molar-refractivity contribution >= 4 is 28.2 Å². The lowest BCUT2D eigenvalue weighted by atomic mass is 9.86. The number of aliphatic carboxylic acids is 1. The summed E-state index contributed by atoms with van der Waals surface area (Å²) in [5.41, 5.74) is -0.492. The number of aromatic nitrogens is 2. The topological polar surface area (TPSA) is 101 Å². The van der Waals surface area contributed by atoms with Gasteiger partial charge in [0.2, 0.25) is 0 Å². The van der Waals surface area contributed by atoms with E-state index < -0.39 is 29.4 Å². The van der Waals surface area contributed by atoms with Crippen molar-refractivity contribution in [2.75, 3.05) is 0 Å². The first-order chi connectivity index (χ1) is 11.6. The molecule has 2 atom stereocenters. The molecule has 2 aromatic rings. The van der Waals surface area contributed by atoms with E-state index >= 15 is 0 Å². The van der Waals surface area contributed by atoms with Crippen LogP contribution in [0.5, 0.6) is 0 Å². The zero-order valence-electron chi connectivity index (χ0n) is 13.1. The van der Waals surface area contributed by atoms with Gasteiger partial charge >= 0.3 is 5.97 Å². The minimum absolute atomic E-state index is 0.0582. The number of hydrogen-bond donors (Lipinski definition) is 2. The van der Waals surface area contributed by atoms with Gasteiger partial charge in [-0.25, -0.2) is 4.98 Å². The Bertz CT molecular complexity index is 813. The Labute approximate surface area is 142 Å². The van der Waals surface area contributed by atoms with E-state index in [1.807, 2.05) is 0 Å². The Balaban J connectivity index is 1.83. The molecule has 1 aliphatic rings. The molecule has 0 saturated heterocycles. The molecule has 2 unspecified atom stereocenters. The highest BCUT2D eigenvalue weighted by molar-refractivity contribution is 7.15. The van der Waals surface area contributed by atoms with Crippen LogP contribution in [0.25, 0.3) is 4.96 Å². The fourth-order valence-electron chi connectivity index (χ4n) is 3.18. The summed E-state index contributed by atoms with van der Waals surface area (Å²) in [6.07, 6.45) is 7.75. The molecule has 2 aromatic heterocycles. The fraction of sp³-hybridized carbons (Fsp3) is 0.500. The zero-order valence-corrected chi connectivity index (χ0v) is 13.9. The maximum absolute atomic E-state index is 12.5. The van der Waals surface area contributed by atoms with Crippen molar-refractivity contribution in [3.8, 4) is 0 Å². The number of carbonyl (C=O) groups excluding carboxylic acids is 1. The van der Waals surface area contributed by atoms with Crippen LogP contribution in [0.1, 0.15) is 48.9 Å². The van der Waals surface area contributed by atoms with Crippen molar-refractivity contribution in [2.45, 2.75) is 44.6 Å². The lowest BCUT2D eigenvalue weighted by Gasteiger charge is -2.27. The third-order valence-electron chi connectivity index (χ3n) is 4.49. The summed E-state index contributed by atoms with van der Waals surface area (Å²) in [7, 11) is 0. The molecule has 7 nitrogen and oxygen atoms in total. The van der Waals surface area contributed by atoms with E-state index in [0.29, 0.717) is 17.8 Å². The van der Waals surface area contributed by atoms with Gasteiger partial charge in [0.1, 0.15) is 5.56 Å². The molecule has 3 rings (SSSR count). The molecule has 1 saturated carbocycles. The quantitative estimate of drug-likeness (QED) is 0.881. The van der Waals surface area contributed by atoms with Gasteiger partial charge < -0.3 is 10.4 Å². The lowest BCUT2D eigenvalue weighted by molar-refractivity contribution is -0.143. The van der Waals surface area contributed by atoms with Crippen molar-refractivity contribution in [3.05, 3.63) is 33.7 Å². The summed E-state index contributed by atoms with van der Waals surface area (Å²) in [6.45, 7) is 0. The molecule has 0 spiro atoms. The molecule has 1 fully saturated rings. The van der Waals surface area contributed by atoms with Crippen molar-refractivity contribution in [2.24, 2.45) is 5.92 Å². The number of fused-ring (bicyclic) bond motifs is 1. The van der Waals surface area contributed by atoms with Gasteiger partial charge in [-0.3, -0.25) is 18.8 Å². The molecule has 24 heavy (non-hydrogen) atoms. The second kappa shape index (κ2) is 7.12. The van der Waals surface area contributed by atoms with Crippen LogP contribution < -0.4 is 10.9 Å². The zero-order chi connectivity index (χ0) is 17.1. The summed E-state index contributed by atoms with van der Waals surface area (Å²) in [5, 5.41) is 13.9. The smallest absolute Gasteiger partial charge is 0.308 e. The number of amides is 1. The number of thiazole rings is 1. The highest BCUT2D eigenvalue weighted by atomic mass is 32.1. The van der Waals surface area contributed by atoms with Crippen molar-refractivity contribution < 1.29 is 14.7 Å². The minimum Gasteiger partial charge on any atom is -0.481 e. The Morgan fingerprint density at radius 2 is 2.00 bits per heavy atom. The third kappa shape index (κ3) is 3.33. The maximum atomic E-state index is 12.5. The monoisotopic (exact) mass is 349 g/mol. The predicted molar refractivity (Wildman–Crippen MR) is 89.4 cm³/mol. The van der Waals surface area contributed by atoms with Crippen LogP contribution in [0.4, 0.5) is 0 Å². The molecule has 2 N–H and O–H groups in total. The molecular weight excluding hydrogens is 330 g/mol. The van der Waals surface area contributed by atoms with E-state index in [9.17, 15) is 19.5 Å². The molecule has 2 heterocycles. The Morgan fingerprint density at radius 3 is 2.75 bits per heavy atom. The summed E-state index contributed by atoms with van der Waals surface area (Å²) < 4.78 is 1.33. The van der Waals surface area contributed by atoms with Gasteiger partial charge in [0.15, 0.2) is 4.96 Å². The predicted octanol–water partition coefficient (Wildman–Crippen LogP) is 1.91. The van der Waals surface area contributed by atoms with Gasteiger partial charge in [-0.2, -0.15) is 0 Å². The average molecular weight is 349 g/mol. The first-order valence-electron chi connectivity index (χ1n) is 8.06. The Hall–Kier alpha value is -2.22. The highest BCUT2D eigenvalue weighted by Crippen LogP contribution is 2.23. The van der Waals surface area contributed by atoms with Crippen LogP contribution in [-0.4, -0.2) is 32.4 Å². The molecule has 0 aliphatic heterocycles. The van der Waals surface area contributed by atoms with Crippen LogP contribution in [-0.2, 0) is 4.79 Å². The van der Waals surface area contributed by atoms with Crippen molar-refractivity contribution in [3.63, 3.8) is 0 Å². The number of carboxylic acid groups (broad SMARTS) is 1. The van der Waals surface area contributed by atoms with Crippen LogP contribution in [0.2, 0.25) is 0 Å². The normalized spacial score (nSPS) is 21.8. The van der Waals surface area contributed by atoms with Gasteiger partial charge in [0.05, 0.1) is 5.92 Å². The lowest BCUT2D eigenvalue weighted by Crippen LogP contribution is -2.45. The third-order valence-corrected chi connectivity index (χ3v) is 5.26. The summed E-state index contributed by atoms with van der Waals surface area (Å²) >= 11 is 1.31. The first-order valence-corrected chi connectivity index (χ1v) is 8.94. The maximum Gasteiger partial charge on any atom is 0.308 e. The van der Waals surface area contributed by atoms with E-state index in [4.69, 9.17) is 0 Å². The van der Waals surface area contributed by atoms with E-state index in [1.165, 1.54) is 21.9 Å². The van der Waals surface area contributed by atoms with Gasteiger partial charge in [-0.1, -0.05) is 25.7 Å². The summed E-state index contributed by atoms with van der Waals surface area (Å²) in [6, 6.07) is -0.460. The van der Waals surface area contributed by atoms with Gasteiger partial charge in [0.25, 0.3) is 11.5 Å². The number of carbonyl (C=O) groups is 2. The van der Waals surface area contributed by atoms with Gasteiger partial charge in [0, 0.05) is 23.8 Å². The summed E-state index contributed by atoms with van der Waals surface area (Å²) in [4.78, 5) is 41.0. The van der Waals surface area contributed by atoms with E-state index in [0.717, 1.165) is 25.7 Å². The highest BCUT2D eigenvalue weighted by Gasteiger charge is 2.30. The molecule has 8 heteroatoms. The SMILES string of the molecule is O=C(NC1CCCCCCC1C(=O)O)c1cnc2sccn2c1=O. The standard InChI is InChI=1S/C16H19N3O4S/c20-13(11-9-17-16-19(14(11)21)7-8-24-16)18-12-6-4-2-1-3-5-10(12)15(22)23/h7-10,12H,1-6H2,(H,18,20)(H,22,23). The minimum atomic E-state index is -0.898. The fourth-order valence-corrected chi connectivity index (χ4v) is 3.85. The van der Waals surface area contributed by atoms with Crippen molar-refractivity contribution in [1.29, 1.82) is 0 Å². The van der Waals surface area contributed by atoms with Gasteiger partial charge in [-0.05, 0) is 12.8 Å². The molecule has 0 bridgehead atoms. The van der Waals surface area contributed by atoms with E-state index in [2.05, 4.69) is 10.3 Å². The number of hydrogen-bond acceptors (Lipinski definition) is 5. The van der Waals surface area contributed by atoms with Crippen LogP contribution in [0.15, 0.2) is 22.6 Å². The van der Waals surface area contributed by atoms with E-state index in [-0.39, 0.29) is 5.56 Å². The summed E-state index contributed by atoms with van der Waals surface area (Å²) in [5.74, 6) is -2.06. The first kappa shape index (κ1) is 16.6. The number of nitrogens with zero attached hydrogens (tertiary/aromatic N) is 2. The van der Waals surface area contributed by atoms with E-state index in [1.54, 1.807) is 11.6 Å². The molecule has 1 aliphatic carbocycles. The molecule has 0 radical (unpaired) electrons. The number of nitrogens with one attached hydrogen (secondary N) is 1. The second-order valence-electron chi connectivity index (χ2n) is 6.05. The average Bonchev–Trinajstić information content (AvgIpc) is 2.99. The Morgan fingerprint density at radius 1 is 1.25 bits per heavy atom. The molecule has 1 amide bonds. The molecule has 0 aromatic carbocycles. The number of carboxylic acids is 1. The second-order valence-corrected chi connectivity index (χ2v) is 6.92. The van der Waals surface area contributed by atoms with Crippen molar-refractivity contribution in [1.82, 2.24) is 14.7 Å². The molecule has 128 valence electrons. The van der Waals surface area contributed by atoms with Crippen LogP contribution >= 0.6 is 11.3 Å². The van der Waals surface area contributed by atoms with Crippen LogP contribution in [0, 0.1) is 5.92 Å². The number of rotatable bonds is 3. The largest absolute Gasteiger partial charge is 0.481 e. The molecular formula is C16H19N3O4S. The Kier molecular flexibility index (Phi) is 4.94. The van der Waals surface area contributed by atoms with Crippen LogP contribution in [0.3, 0.4) is 0 Å².